The smallest absolute Gasteiger partial charge is 0.398 e. The van der Waals surface area contributed by atoms with Gasteiger partial charge in [-0.3, -0.25) is 4.79 Å². The lowest BCUT2D eigenvalue weighted by molar-refractivity contribution is -0.163. The number of nitrogen functional groups attached to an aromatic ring is 1. The van der Waals surface area contributed by atoms with Gasteiger partial charge in [-0.05, 0) is 25.0 Å². The molecule has 0 radical (unpaired) electrons. The second-order valence-corrected chi connectivity index (χ2v) is 4.12. The van der Waals surface area contributed by atoms with E-state index in [2.05, 4.69) is 0 Å². The number of anilines is 1. The molecule has 1 aromatic carbocycles. The Bertz CT molecular complexity index is 452. The zero-order valence-corrected chi connectivity index (χ0v) is 8.84. The molecular formula is C11H11F3N2O. The minimum absolute atomic E-state index is 0.0722. The molecule has 0 aromatic heterocycles. The third-order valence-corrected chi connectivity index (χ3v) is 2.85. The molecule has 3 nitrogen and oxygen atoms in total. The highest BCUT2D eigenvalue weighted by Gasteiger charge is 2.64. The van der Waals surface area contributed by atoms with Crippen molar-refractivity contribution in [1.29, 1.82) is 0 Å². The maximum atomic E-state index is 12.6. The van der Waals surface area contributed by atoms with Crippen molar-refractivity contribution in [1.82, 2.24) is 5.32 Å². The lowest BCUT2D eigenvalue weighted by atomic mass is 10.1. The zero-order chi connectivity index (χ0) is 12.7. The van der Waals surface area contributed by atoms with Crippen LogP contribution in [0, 0.1) is 0 Å². The number of hydrogen-bond donors (Lipinski definition) is 2. The minimum atomic E-state index is -4.41. The maximum absolute atomic E-state index is 12.6. The lowest BCUT2D eigenvalue weighted by Crippen LogP contribution is -2.47. The third-order valence-electron chi connectivity index (χ3n) is 2.85. The molecule has 1 saturated carbocycles. The molecule has 3 N–H and O–H groups in total. The molecule has 0 saturated heterocycles. The van der Waals surface area contributed by atoms with Crippen LogP contribution < -0.4 is 11.1 Å². The fourth-order valence-electron chi connectivity index (χ4n) is 1.59. The summed E-state index contributed by atoms with van der Waals surface area (Å²) in [5.74, 6) is -0.780. The number of nitrogens with one attached hydrogen (secondary N) is 1. The van der Waals surface area contributed by atoms with Crippen LogP contribution in [0.1, 0.15) is 23.2 Å². The van der Waals surface area contributed by atoms with Crippen molar-refractivity contribution in [2.75, 3.05) is 5.73 Å². The van der Waals surface area contributed by atoms with Gasteiger partial charge in [-0.15, -0.1) is 0 Å². The van der Waals surface area contributed by atoms with Gasteiger partial charge in [0.1, 0.15) is 5.54 Å². The van der Waals surface area contributed by atoms with E-state index < -0.39 is 17.6 Å². The first kappa shape index (κ1) is 11.8. The fourth-order valence-corrected chi connectivity index (χ4v) is 1.59. The second-order valence-electron chi connectivity index (χ2n) is 4.12. The average molecular weight is 244 g/mol. The molecule has 0 bridgehead atoms. The van der Waals surface area contributed by atoms with E-state index in [1.807, 2.05) is 5.32 Å². The predicted molar refractivity (Wildman–Crippen MR) is 56.3 cm³/mol. The summed E-state index contributed by atoms with van der Waals surface area (Å²) in [5.41, 5.74) is 3.72. The largest absolute Gasteiger partial charge is 0.411 e. The van der Waals surface area contributed by atoms with Gasteiger partial charge in [0.05, 0.1) is 5.56 Å². The van der Waals surface area contributed by atoms with Gasteiger partial charge in [0, 0.05) is 5.69 Å². The van der Waals surface area contributed by atoms with Gasteiger partial charge in [-0.2, -0.15) is 13.2 Å². The van der Waals surface area contributed by atoms with Crippen LogP contribution in [0.4, 0.5) is 18.9 Å². The summed E-state index contributed by atoms with van der Waals surface area (Å²) < 4.78 is 37.9. The van der Waals surface area contributed by atoms with Gasteiger partial charge < -0.3 is 11.1 Å². The first-order valence-corrected chi connectivity index (χ1v) is 5.09. The molecule has 1 aliphatic rings. The minimum Gasteiger partial charge on any atom is -0.398 e. The van der Waals surface area contributed by atoms with E-state index in [-0.39, 0.29) is 24.1 Å². The summed E-state index contributed by atoms with van der Waals surface area (Å²) in [5, 5.41) is 2.02. The molecule has 17 heavy (non-hydrogen) atoms. The molecule has 2 rings (SSSR count). The Hall–Kier alpha value is -1.72. The molecule has 92 valence electrons. The third kappa shape index (κ3) is 2.07. The summed E-state index contributed by atoms with van der Waals surface area (Å²) in [4.78, 5) is 11.7. The number of halogens is 3. The van der Waals surface area contributed by atoms with Crippen LogP contribution in [0.25, 0.3) is 0 Å². The van der Waals surface area contributed by atoms with Crippen LogP contribution >= 0.6 is 0 Å². The highest BCUT2D eigenvalue weighted by Crippen LogP contribution is 2.49. The van der Waals surface area contributed by atoms with E-state index in [1.165, 1.54) is 12.1 Å². The van der Waals surface area contributed by atoms with Crippen LogP contribution in [0.15, 0.2) is 24.3 Å². The lowest BCUT2D eigenvalue weighted by Gasteiger charge is -2.21. The molecule has 6 heteroatoms. The number of para-hydroxylation sites is 1. The highest BCUT2D eigenvalue weighted by molar-refractivity contribution is 5.99. The van der Waals surface area contributed by atoms with Gasteiger partial charge in [-0.1, -0.05) is 12.1 Å². The Morgan fingerprint density at radius 1 is 1.29 bits per heavy atom. The number of rotatable bonds is 2. The Balaban J connectivity index is 2.16. The van der Waals surface area contributed by atoms with Crippen molar-refractivity contribution in [3.05, 3.63) is 29.8 Å². The molecule has 0 unspecified atom stereocenters. The van der Waals surface area contributed by atoms with Gasteiger partial charge >= 0.3 is 6.18 Å². The fraction of sp³-hybridized carbons (Fsp3) is 0.364. The van der Waals surface area contributed by atoms with Crippen LogP contribution in [0.2, 0.25) is 0 Å². The normalized spacial score (nSPS) is 17.6. The first-order valence-electron chi connectivity index (χ1n) is 5.09. The summed E-state index contributed by atoms with van der Waals surface area (Å²) >= 11 is 0. The summed E-state index contributed by atoms with van der Waals surface area (Å²) in [6.07, 6.45) is -4.56. The molecule has 1 aliphatic carbocycles. The summed E-state index contributed by atoms with van der Waals surface area (Å²) in [6, 6.07) is 6.04. The van der Waals surface area contributed by atoms with Crippen molar-refractivity contribution in [2.24, 2.45) is 0 Å². The standard InChI is InChI=1S/C11H11F3N2O/c12-11(13,14)10(5-6-10)16-9(17)7-3-1-2-4-8(7)15/h1-4H,5-6,15H2,(H,16,17). The predicted octanol–water partition coefficient (Wildman–Crippen LogP) is 2.09. The second kappa shape index (κ2) is 3.65. The molecule has 1 fully saturated rings. The molecule has 0 atom stereocenters. The van der Waals surface area contributed by atoms with Crippen molar-refractivity contribution >= 4 is 11.6 Å². The molecule has 0 heterocycles. The summed E-state index contributed by atoms with van der Waals surface area (Å²) in [7, 11) is 0. The van der Waals surface area contributed by atoms with Crippen LogP contribution in [0.5, 0.6) is 0 Å². The number of carbonyl (C=O) groups is 1. The number of hydrogen-bond acceptors (Lipinski definition) is 2. The monoisotopic (exact) mass is 244 g/mol. The van der Waals surface area contributed by atoms with E-state index in [0.29, 0.717) is 0 Å². The number of carbonyl (C=O) groups excluding carboxylic acids is 1. The van der Waals surface area contributed by atoms with E-state index in [0.717, 1.165) is 0 Å². The van der Waals surface area contributed by atoms with Gasteiger partial charge in [0.2, 0.25) is 0 Å². The van der Waals surface area contributed by atoms with Crippen LogP contribution in [0.3, 0.4) is 0 Å². The Kier molecular flexibility index (Phi) is 2.52. The van der Waals surface area contributed by atoms with Crippen molar-refractivity contribution in [2.45, 2.75) is 24.6 Å². The number of amides is 1. The number of nitrogens with two attached hydrogens (primary N) is 1. The zero-order valence-electron chi connectivity index (χ0n) is 8.84. The SMILES string of the molecule is Nc1ccccc1C(=O)NC1(C(F)(F)F)CC1. The number of benzene rings is 1. The molecule has 0 spiro atoms. The van der Waals surface area contributed by atoms with Crippen molar-refractivity contribution in [3.8, 4) is 0 Å². The number of alkyl halides is 3. The molecule has 1 amide bonds. The quantitative estimate of drug-likeness (QED) is 0.783. The van der Waals surface area contributed by atoms with E-state index >= 15 is 0 Å². The van der Waals surface area contributed by atoms with Crippen LogP contribution in [-0.4, -0.2) is 17.6 Å². The maximum Gasteiger partial charge on any atom is 0.411 e. The first-order chi connectivity index (χ1) is 7.86. The highest BCUT2D eigenvalue weighted by atomic mass is 19.4. The van der Waals surface area contributed by atoms with Gasteiger partial charge in [-0.25, -0.2) is 0 Å². The van der Waals surface area contributed by atoms with Gasteiger partial charge in [0.15, 0.2) is 0 Å². The Morgan fingerprint density at radius 2 is 1.88 bits per heavy atom. The Morgan fingerprint density at radius 3 is 2.35 bits per heavy atom. The Labute approximate surface area is 95.8 Å². The molecule has 0 aliphatic heterocycles. The van der Waals surface area contributed by atoms with Crippen molar-refractivity contribution < 1.29 is 18.0 Å². The van der Waals surface area contributed by atoms with Crippen molar-refractivity contribution in [3.63, 3.8) is 0 Å². The van der Waals surface area contributed by atoms with E-state index in [1.54, 1.807) is 12.1 Å². The molecular weight excluding hydrogens is 233 g/mol. The average Bonchev–Trinajstić information content (AvgIpc) is 2.98. The van der Waals surface area contributed by atoms with E-state index in [4.69, 9.17) is 5.73 Å². The topological polar surface area (TPSA) is 55.1 Å². The summed E-state index contributed by atoms with van der Waals surface area (Å²) in [6.45, 7) is 0. The van der Waals surface area contributed by atoms with E-state index in [9.17, 15) is 18.0 Å². The van der Waals surface area contributed by atoms with Gasteiger partial charge in [0.25, 0.3) is 5.91 Å². The molecule has 1 aromatic rings. The van der Waals surface area contributed by atoms with Crippen LogP contribution in [-0.2, 0) is 0 Å².